The van der Waals surface area contributed by atoms with E-state index < -0.39 is 38.6 Å². The molecular weight excluding hydrogens is 741 g/mol. The molecule has 0 amide bonds. The van der Waals surface area contributed by atoms with Crippen LogP contribution in [0, 0.1) is 0 Å². The van der Waals surface area contributed by atoms with Crippen molar-refractivity contribution in [2.45, 2.75) is 174 Å². The minimum Gasteiger partial charge on any atom is -0.462 e. The van der Waals surface area contributed by atoms with Crippen LogP contribution >= 0.6 is 7.82 Å². The van der Waals surface area contributed by atoms with Gasteiger partial charge in [0.2, 0.25) is 0 Å². The van der Waals surface area contributed by atoms with E-state index in [0.29, 0.717) is 36.7 Å². The van der Waals surface area contributed by atoms with Crippen molar-refractivity contribution in [1.82, 2.24) is 0 Å². The molecule has 0 bridgehead atoms. The smallest absolute Gasteiger partial charge is 0.462 e. The highest BCUT2D eigenvalue weighted by molar-refractivity contribution is 7.47. The number of aliphatic hydroxyl groups is 1. The lowest BCUT2D eigenvalue weighted by molar-refractivity contribution is -0.870. The lowest BCUT2D eigenvalue weighted by Gasteiger charge is -2.24. The van der Waals surface area contributed by atoms with Crippen LogP contribution in [0.1, 0.15) is 162 Å². The fraction of sp³-hybridized carbons (Fsp3) is 0.739. The van der Waals surface area contributed by atoms with Gasteiger partial charge in [0.15, 0.2) is 6.10 Å². The van der Waals surface area contributed by atoms with Crippen LogP contribution in [0.4, 0.5) is 0 Å². The van der Waals surface area contributed by atoms with Gasteiger partial charge in [-0.1, -0.05) is 139 Å². The maximum absolute atomic E-state index is 12.7. The average molecular weight is 825 g/mol. The molecular formula is C46H83NO9P+. The number of carbonyl (C=O) groups is 2. The molecule has 3 atom stereocenters. The van der Waals surface area contributed by atoms with Crippen molar-refractivity contribution >= 4 is 19.8 Å². The monoisotopic (exact) mass is 825 g/mol. The molecule has 10 nitrogen and oxygen atoms in total. The molecule has 0 fully saturated rings. The molecule has 0 heterocycles. The van der Waals surface area contributed by atoms with Gasteiger partial charge in [0.1, 0.15) is 19.8 Å². The van der Waals surface area contributed by atoms with E-state index in [-0.39, 0.29) is 26.1 Å². The summed E-state index contributed by atoms with van der Waals surface area (Å²) in [6.07, 6.45) is 41.6. The van der Waals surface area contributed by atoms with Gasteiger partial charge in [-0.3, -0.25) is 18.6 Å². The molecule has 11 heteroatoms. The highest BCUT2D eigenvalue weighted by atomic mass is 31.2. The summed E-state index contributed by atoms with van der Waals surface area (Å²) >= 11 is 0. The fourth-order valence-corrected chi connectivity index (χ4v) is 6.30. The van der Waals surface area contributed by atoms with Crippen molar-refractivity contribution in [3.05, 3.63) is 60.8 Å². The minimum absolute atomic E-state index is 0.00688. The van der Waals surface area contributed by atoms with E-state index in [2.05, 4.69) is 32.1 Å². The second-order valence-corrected chi connectivity index (χ2v) is 17.4. The standard InChI is InChI=1S/C46H82NO9P/c1-6-8-10-12-14-15-16-17-18-19-20-21-25-29-33-37-45(49)53-41-44(42-55-57(51,52)54-40-39-47(3,4)5)56-46(50)38-34-30-26-23-22-24-28-32-36-43(48)35-31-27-13-11-9-7-2/h17-18,23-24,26-28,31-32,36,43-44,48H,6-16,19-22,25,29-30,33-35,37-42H2,1-5H3/p+1/b18-17-,26-23-,28-24-,31-27-,36-32+. The van der Waals surface area contributed by atoms with Gasteiger partial charge in [0, 0.05) is 12.8 Å². The van der Waals surface area contributed by atoms with Gasteiger partial charge >= 0.3 is 19.8 Å². The van der Waals surface area contributed by atoms with E-state index >= 15 is 0 Å². The summed E-state index contributed by atoms with van der Waals surface area (Å²) in [5, 5.41) is 10.0. The number of allylic oxidation sites excluding steroid dienone is 8. The van der Waals surface area contributed by atoms with Crippen molar-refractivity contribution < 1.29 is 47.2 Å². The highest BCUT2D eigenvalue weighted by Gasteiger charge is 2.27. The quantitative estimate of drug-likeness (QED) is 0.0155. The summed E-state index contributed by atoms with van der Waals surface area (Å²) in [6, 6.07) is 0. The van der Waals surface area contributed by atoms with Gasteiger partial charge in [-0.15, -0.1) is 0 Å². The van der Waals surface area contributed by atoms with Crippen molar-refractivity contribution in [1.29, 1.82) is 0 Å². The summed E-state index contributed by atoms with van der Waals surface area (Å²) < 4.78 is 34.2. The third-order valence-electron chi connectivity index (χ3n) is 9.10. The molecule has 0 aromatic rings. The van der Waals surface area contributed by atoms with Crippen molar-refractivity contribution in [2.24, 2.45) is 0 Å². The molecule has 0 saturated heterocycles. The van der Waals surface area contributed by atoms with E-state index in [1.165, 1.54) is 64.2 Å². The SMILES string of the molecule is CCCCC/C=C\CC(O)/C=C/C=C\C/C=C\CCCC(=O)OC(COC(=O)CCCCCCC/C=C\CCCCCCCC)COP(=O)(O)OCC[N+](C)(C)C. The predicted octanol–water partition coefficient (Wildman–Crippen LogP) is 11.4. The topological polar surface area (TPSA) is 129 Å². The fourth-order valence-electron chi connectivity index (χ4n) is 5.55. The van der Waals surface area contributed by atoms with Crippen LogP contribution < -0.4 is 0 Å². The second-order valence-electron chi connectivity index (χ2n) is 15.9. The number of hydrogen-bond acceptors (Lipinski definition) is 8. The molecule has 0 rings (SSSR count). The molecule has 0 spiro atoms. The van der Waals surface area contributed by atoms with E-state index in [1.807, 2.05) is 57.6 Å². The van der Waals surface area contributed by atoms with Gasteiger partial charge < -0.3 is 24.0 Å². The van der Waals surface area contributed by atoms with Gasteiger partial charge in [-0.2, -0.15) is 0 Å². The summed E-state index contributed by atoms with van der Waals surface area (Å²) in [5.74, 6) is -0.917. The maximum Gasteiger partial charge on any atom is 0.472 e. The zero-order chi connectivity index (χ0) is 42.3. The normalized spacial score (nSPS) is 14.7. The number of hydrogen-bond donors (Lipinski definition) is 2. The van der Waals surface area contributed by atoms with Gasteiger partial charge in [-0.05, 0) is 70.6 Å². The van der Waals surface area contributed by atoms with Gasteiger partial charge in [0.05, 0.1) is 33.9 Å². The van der Waals surface area contributed by atoms with Crippen LogP contribution in [-0.4, -0.2) is 86.1 Å². The number of carbonyl (C=O) groups excluding carboxylic acids is 2. The molecule has 2 N–H and O–H groups in total. The first-order chi connectivity index (χ1) is 27.4. The number of quaternary nitrogens is 1. The number of likely N-dealkylation sites (N-methyl/N-ethyl adjacent to an activating group) is 1. The van der Waals surface area contributed by atoms with Crippen molar-refractivity contribution in [2.75, 3.05) is 47.5 Å². The second kappa shape index (κ2) is 37.9. The first-order valence-electron chi connectivity index (χ1n) is 22.1. The molecule has 330 valence electrons. The molecule has 0 saturated carbocycles. The number of esters is 2. The number of phosphoric ester groups is 1. The van der Waals surface area contributed by atoms with E-state index in [9.17, 15) is 24.2 Å². The summed E-state index contributed by atoms with van der Waals surface area (Å²) in [7, 11) is 1.39. The number of nitrogens with zero attached hydrogens (tertiary/aromatic N) is 1. The summed E-state index contributed by atoms with van der Waals surface area (Å²) in [4.78, 5) is 35.3. The third-order valence-corrected chi connectivity index (χ3v) is 10.1. The Morgan fingerprint density at radius 3 is 1.84 bits per heavy atom. The van der Waals surface area contributed by atoms with Crippen LogP contribution in [-0.2, 0) is 32.7 Å². The first kappa shape index (κ1) is 54.7. The van der Waals surface area contributed by atoms with E-state index in [0.717, 1.165) is 44.9 Å². The lowest BCUT2D eigenvalue weighted by Crippen LogP contribution is -2.37. The maximum atomic E-state index is 12.7. The number of aliphatic hydroxyl groups excluding tert-OH is 1. The van der Waals surface area contributed by atoms with E-state index in [1.54, 1.807) is 6.08 Å². The first-order valence-corrected chi connectivity index (χ1v) is 23.6. The van der Waals surface area contributed by atoms with Crippen LogP contribution in [0.5, 0.6) is 0 Å². The van der Waals surface area contributed by atoms with Crippen LogP contribution in [0.15, 0.2) is 60.8 Å². The molecule has 0 aliphatic heterocycles. The third kappa shape index (κ3) is 41.6. The van der Waals surface area contributed by atoms with Crippen molar-refractivity contribution in [3.63, 3.8) is 0 Å². The van der Waals surface area contributed by atoms with Crippen LogP contribution in [0.25, 0.3) is 0 Å². The van der Waals surface area contributed by atoms with Crippen LogP contribution in [0.3, 0.4) is 0 Å². The average Bonchev–Trinajstić information content (AvgIpc) is 3.15. The number of unbranched alkanes of at least 4 members (excludes halogenated alkanes) is 15. The Kier molecular flexibility index (Phi) is 36.4. The Bertz CT molecular complexity index is 1170. The summed E-state index contributed by atoms with van der Waals surface area (Å²) in [5.41, 5.74) is 0. The Labute approximate surface area is 348 Å². The number of rotatable bonds is 39. The highest BCUT2D eigenvalue weighted by Crippen LogP contribution is 2.43. The Balaban J connectivity index is 4.55. The molecule has 0 aromatic carbocycles. The Morgan fingerprint density at radius 2 is 1.18 bits per heavy atom. The Morgan fingerprint density at radius 1 is 0.632 bits per heavy atom. The predicted molar refractivity (Wildman–Crippen MR) is 235 cm³/mol. The number of ether oxygens (including phenoxy) is 2. The molecule has 0 aromatic heterocycles. The van der Waals surface area contributed by atoms with Crippen LogP contribution in [0.2, 0.25) is 0 Å². The van der Waals surface area contributed by atoms with Gasteiger partial charge in [-0.25, -0.2) is 4.57 Å². The largest absolute Gasteiger partial charge is 0.472 e. The molecule has 0 aliphatic carbocycles. The number of phosphoric acid groups is 1. The zero-order valence-corrected chi connectivity index (χ0v) is 37.6. The lowest BCUT2D eigenvalue weighted by atomic mass is 10.1. The summed E-state index contributed by atoms with van der Waals surface area (Å²) in [6.45, 7) is 4.21. The minimum atomic E-state index is -4.41. The molecule has 0 aliphatic rings. The Hall–Kier alpha value is -2.33. The van der Waals surface area contributed by atoms with E-state index in [4.69, 9.17) is 18.5 Å². The molecule has 0 radical (unpaired) electrons. The van der Waals surface area contributed by atoms with Crippen molar-refractivity contribution in [3.8, 4) is 0 Å². The zero-order valence-electron chi connectivity index (χ0n) is 36.7. The molecule has 3 unspecified atom stereocenters. The van der Waals surface area contributed by atoms with Gasteiger partial charge in [0.25, 0.3) is 0 Å². The molecule has 57 heavy (non-hydrogen) atoms.